The first-order chi connectivity index (χ1) is 43.7. The number of ether oxygens (including phenoxy) is 3. The third kappa shape index (κ3) is 56.2. The number of carbonyl (C=O) groups excluding carboxylic acids is 2. The van der Waals surface area contributed by atoms with Crippen molar-refractivity contribution in [3.05, 3.63) is 24.3 Å². The Hall–Kier alpha value is -1.86. The average molecular weight is 1260 g/mol. The lowest BCUT2D eigenvalue weighted by atomic mass is 9.99. The summed E-state index contributed by atoms with van der Waals surface area (Å²) in [6, 6.07) is -0.805. The highest BCUT2D eigenvalue weighted by Crippen LogP contribution is 2.24. The SMILES string of the molecule is CCCCCCCCCC/C=C/C(O)C(COC1OC(CO)C(O)C(O)C1O)NC(=O)CCCCCCCCCCCCCCCCCCC/C=C\CCCCCCCCCCCCCCCCCCOC(=O)CCCCCCCCCCCCCCCC. The molecule has 526 valence electrons. The summed E-state index contributed by atoms with van der Waals surface area (Å²) in [4.78, 5) is 25.1. The van der Waals surface area contributed by atoms with Gasteiger partial charge in [-0.2, -0.15) is 0 Å². The van der Waals surface area contributed by atoms with Crippen molar-refractivity contribution in [3.63, 3.8) is 0 Å². The van der Waals surface area contributed by atoms with Gasteiger partial charge in [-0.1, -0.05) is 353 Å². The lowest BCUT2D eigenvalue weighted by molar-refractivity contribution is -0.302. The number of hydrogen-bond acceptors (Lipinski definition) is 10. The van der Waals surface area contributed by atoms with E-state index < -0.39 is 49.5 Å². The highest BCUT2D eigenvalue weighted by Gasteiger charge is 2.44. The van der Waals surface area contributed by atoms with Gasteiger partial charge in [-0.25, -0.2) is 0 Å². The Labute approximate surface area is 550 Å². The molecule has 0 spiro atoms. The minimum atomic E-state index is -1.57. The predicted octanol–water partition coefficient (Wildman–Crippen LogP) is 20.8. The van der Waals surface area contributed by atoms with Crippen LogP contribution in [0.2, 0.25) is 0 Å². The first kappa shape index (κ1) is 85.2. The quantitative estimate of drug-likeness (QED) is 0.0195. The van der Waals surface area contributed by atoms with Crippen molar-refractivity contribution in [1.29, 1.82) is 0 Å². The molecule has 1 aliphatic heterocycles. The molecule has 6 N–H and O–H groups in total. The van der Waals surface area contributed by atoms with E-state index in [1.165, 1.54) is 321 Å². The average Bonchev–Trinajstić information content (AvgIpc) is 3.11. The van der Waals surface area contributed by atoms with Gasteiger partial charge in [-0.05, 0) is 57.8 Å². The van der Waals surface area contributed by atoms with E-state index in [9.17, 15) is 35.1 Å². The van der Waals surface area contributed by atoms with Gasteiger partial charge in [0.05, 0.1) is 32.0 Å². The van der Waals surface area contributed by atoms with E-state index in [0.29, 0.717) is 19.4 Å². The van der Waals surface area contributed by atoms with Crippen molar-refractivity contribution >= 4 is 11.9 Å². The maximum Gasteiger partial charge on any atom is 0.305 e. The molecule has 1 saturated heterocycles. The van der Waals surface area contributed by atoms with Gasteiger partial charge >= 0.3 is 5.97 Å². The number of nitrogens with one attached hydrogen (secondary N) is 1. The Balaban J connectivity index is 1.87. The van der Waals surface area contributed by atoms with E-state index in [1.54, 1.807) is 6.08 Å². The topological polar surface area (TPSA) is 175 Å². The zero-order valence-electron chi connectivity index (χ0n) is 58.7. The Morgan fingerprint density at radius 2 is 0.719 bits per heavy atom. The van der Waals surface area contributed by atoms with Gasteiger partial charge in [0.25, 0.3) is 0 Å². The number of hydrogen-bond donors (Lipinski definition) is 6. The molecule has 11 heteroatoms. The van der Waals surface area contributed by atoms with Crippen LogP contribution in [-0.2, 0) is 23.8 Å². The number of amides is 1. The molecule has 0 radical (unpaired) electrons. The number of aliphatic hydroxyl groups excluding tert-OH is 5. The van der Waals surface area contributed by atoms with Crippen molar-refractivity contribution in [2.24, 2.45) is 0 Å². The van der Waals surface area contributed by atoms with Gasteiger partial charge in [0, 0.05) is 12.8 Å². The largest absolute Gasteiger partial charge is 0.466 e. The van der Waals surface area contributed by atoms with Crippen LogP contribution in [0.15, 0.2) is 24.3 Å². The second-order valence-electron chi connectivity index (χ2n) is 27.4. The summed E-state index contributed by atoms with van der Waals surface area (Å²) in [6.45, 7) is 4.38. The smallest absolute Gasteiger partial charge is 0.305 e. The Kier molecular flexibility index (Phi) is 64.6. The van der Waals surface area contributed by atoms with E-state index in [4.69, 9.17) is 14.2 Å². The van der Waals surface area contributed by atoms with Crippen molar-refractivity contribution in [2.45, 2.75) is 442 Å². The van der Waals surface area contributed by atoms with Crippen LogP contribution >= 0.6 is 0 Å². The molecule has 0 saturated carbocycles. The van der Waals surface area contributed by atoms with Gasteiger partial charge in [-0.3, -0.25) is 9.59 Å². The monoisotopic (exact) mass is 1260 g/mol. The number of carbonyl (C=O) groups is 2. The minimum Gasteiger partial charge on any atom is -0.466 e. The van der Waals surface area contributed by atoms with Gasteiger partial charge in [0.15, 0.2) is 6.29 Å². The van der Waals surface area contributed by atoms with Crippen LogP contribution in [0.3, 0.4) is 0 Å². The Morgan fingerprint density at radius 1 is 0.404 bits per heavy atom. The van der Waals surface area contributed by atoms with Crippen molar-refractivity contribution in [3.8, 4) is 0 Å². The Morgan fingerprint density at radius 3 is 1.08 bits per heavy atom. The van der Waals surface area contributed by atoms with Crippen LogP contribution in [0, 0.1) is 0 Å². The molecule has 0 aromatic heterocycles. The molecule has 7 atom stereocenters. The van der Waals surface area contributed by atoms with Crippen LogP contribution in [0.5, 0.6) is 0 Å². The summed E-state index contributed by atoms with van der Waals surface area (Å²) < 4.78 is 16.7. The first-order valence-electron chi connectivity index (χ1n) is 39.1. The molecular formula is C78H149NO10. The van der Waals surface area contributed by atoms with E-state index in [-0.39, 0.29) is 18.5 Å². The molecule has 0 aromatic rings. The van der Waals surface area contributed by atoms with E-state index in [0.717, 1.165) is 51.4 Å². The molecule has 7 unspecified atom stereocenters. The van der Waals surface area contributed by atoms with E-state index in [1.807, 2.05) is 6.08 Å². The van der Waals surface area contributed by atoms with Crippen LogP contribution in [0.25, 0.3) is 0 Å². The second-order valence-corrected chi connectivity index (χ2v) is 27.4. The zero-order valence-corrected chi connectivity index (χ0v) is 58.7. The van der Waals surface area contributed by atoms with Gasteiger partial charge < -0.3 is 45.1 Å². The summed E-state index contributed by atoms with van der Waals surface area (Å²) in [5.41, 5.74) is 0. The molecule has 1 aliphatic rings. The van der Waals surface area contributed by atoms with Crippen LogP contribution in [0.4, 0.5) is 0 Å². The second kappa shape index (κ2) is 67.6. The number of allylic oxidation sites excluding steroid dienone is 3. The molecule has 1 rings (SSSR count). The van der Waals surface area contributed by atoms with Crippen LogP contribution in [0.1, 0.15) is 399 Å². The van der Waals surface area contributed by atoms with Crippen molar-refractivity contribution in [1.82, 2.24) is 5.32 Å². The molecule has 0 bridgehead atoms. The molecule has 1 heterocycles. The van der Waals surface area contributed by atoms with Crippen LogP contribution < -0.4 is 5.32 Å². The zero-order chi connectivity index (χ0) is 64.4. The van der Waals surface area contributed by atoms with Gasteiger partial charge in [0.1, 0.15) is 24.4 Å². The summed E-state index contributed by atoms with van der Waals surface area (Å²) in [5, 5.41) is 54.4. The summed E-state index contributed by atoms with van der Waals surface area (Å²) in [6.07, 6.45) is 76.5. The standard InChI is InChI=1S/C78H149NO10/c1-3-5-7-9-11-13-15-16-43-46-50-54-58-62-66-74(83)87-67-63-59-55-51-47-44-41-39-37-35-33-31-29-27-25-23-21-19-17-18-20-22-24-26-28-30-32-34-36-38-40-42-45-49-53-57-61-65-73(82)79-70(69-88-78-77(86)76(85)75(84)72(68-80)89-78)71(81)64-60-56-52-48-14-12-10-8-6-4-2/h17,19,60,64,70-72,75-78,80-81,84-86H,3-16,18,20-59,61-63,65-69H2,1-2H3,(H,79,82)/b19-17-,64-60+. The van der Waals surface area contributed by atoms with Crippen molar-refractivity contribution < 1.29 is 49.3 Å². The molecule has 11 nitrogen and oxygen atoms in total. The predicted molar refractivity (Wildman–Crippen MR) is 375 cm³/mol. The third-order valence-electron chi connectivity index (χ3n) is 18.8. The fourth-order valence-corrected chi connectivity index (χ4v) is 12.7. The van der Waals surface area contributed by atoms with E-state index in [2.05, 4.69) is 31.3 Å². The lowest BCUT2D eigenvalue weighted by Gasteiger charge is -2.40. The fourth-order valence-electron chi connectivity index (χ4n) is 12.7. The molecule has 1 amide bonds. The molecule has 0 aromatic carbocycles. The molecule has 0 aliphatic carbocycles. The molecule has 1 fully saturated rings. The number of esters is 1. The number of aliphatic hydroxyl groups is 5. The minimum absolute atomic E-state index is 0.0183. The third-order valence-corrected chi connectivity index (χ3v) is 18.8. The van der Waals surface area contributed by atoms with Crippen LogP contribution in [-0.4, -0.2) is 100 Å². The van der Waals surface area contributed by atoms with Crippen molar-refractivity contribution in [2.75, 3.05) is 19.8 Å². The van der Waals surface area contributed by atoms with E-state index >= 15 is 0 Å². The van der Waals surface area contributed by atoms with Gasteiger partial charge in [0.2, 0.25) is 5.91 Å². The summed E-state index contributed by atoms with van der Waals surface area (Å²) >= 11 is 0. The fraction of sp³-hybridized carbons (Fsp3) is 0.923. The Bertz CT molecular complexity index is 1530. The number of rotatable bonds is 70. The first-order valence-corrected chi connectivity index (χ1v) is 39.1. The summed E-state index contributed by atoms with van der Waals surface area (Å²) in [5.74, 6) is -0.159. The maximum absolute atomic E-state index is 13.0. The normalized spacial score (nSPS) is 17.8. The highest BCUT2D eigenvalue weighted by atomic mass is 16.7. The summed E-state index contributed by atoms with van der Waals surface area (Å²) in [7, 11) is 0. The lowest BCUT2D eigenvalue weighted by Crippen LogP contribution is -2.60. The highest BCUT2D eigenvalue weighted by molar-refractivity contribution is 5.76. The molecular weight excluding hydrogens is 1110 g/mol. The number of unbranched alkanes of at least 4 members (excludes halogenated alkanes) is 54. The van der Waals surface area contributed by atoms with Gasteiger partial charge in [-0.15, -0.1) is 0 Å². The molecule has 89 heavy (non-hydrogen) atoms. The maximum atomic E-state index is 13.0.